The van der Waals surface area contributed by atoms with Gasteiger partial charge in [0, 0.05) is 12.1 Å². The Morgan fingerprint density at radius 3 is 2.45 bits per heavy atom. The highest BCUT2D eigenvalue weighted by Crippen LogP contribution is 2.38. The fourth-order valence-electron chi connectivity index (χ4n) is 3.58. The zero-order chi connectivity index (χ0) is 21.4. The van der Waals surface area contributed by atoms with E-state index in [0.29, 0.717) is 16.8 Å². The van der Waals surface area contributed by atoms with E-state index in [1.165, 1.54) is 6.07 Å². The van der Waals surface area contributed by atoms with Gasteiger partial charge in [0.05, 0.1) is 17.5 Å². The number of para-hydroxylation sites is 1. The summed E-state index contributed by atoms with van der Waals surface area (Å²) in [5.74, 6) is -1.35. The second-order valence-electron chi connectivity index (χ2n) is 8.32. The molecule has 0 spiro atoms. The Bertz CT molecular complexity index is 932. The molecule has 0 saturated carbocycles. The van der Waals surface area contributed by atoms with Gasteiger partial charge in [-0.15, -0.1) is 0 Å². The van der Waals surface area contributed by atoms with Gasteiger partial charge < -0.3 is 10.6 Å². The molecule has 2 aromatic carbocycles. The fraction of sp³-hybridized carbons (Fsp3) is 0.364. The molecule has 0 bridgehead atoms. The van der Waals surface area contributed by atoms with Crippen LogP contribution in [0.4, 0.5) is 18.9 Å². The molecular weight excluding hydrogens is 381 g/mol. The van der Waals surface area contributed by atoms with Gasteiger partial charge in [-0.2, -0.15) is 13.2 Å². The minimum atomic E-state index is -4.47. The number of amides is 2. The highest BCUT2D eigenvalue weighted by molar-refractivity contribution is 6.01. The van der Waals surface area contributed by atoms with E-state index in [1.807, 2.05) is 20.8 Å². The Labute approximate surface area is 167 Å². The number of benzene rings is 2. The van der Waals surface area contributed by atoms with Gasteiger partial charge in [-0.3, -0.25) is 9.59 Å². The van der Waals surface area contributed by atoms with Crippen molar-refractivity contribution in [3.05, 3.63) is 65.2 Å². The maximum atomic E-state index is 13.2. The zero-order valence-electron chi connectivity index (χ0n) is 16.4. The molecule has 0 saturated heterocycles. The van der Waals surface area contributed by atoms with E-state index in [2.05, 4.69) is 10.6 Å². The Kier molecular flexibility index (Phi) is 5.43. The highest BCUT2D eigenvalue weighted by atomic mass is 19.4. The van der Waals surface area contributed by atoms with Crippen LogP contribution < -0.4 is 10.6 Å². The molecule has 4 nitrogen and oxygen atoms in total. The lowest BCUT2D eigenvalue weighted by atomic mass is 9.81. The second kappa shape index (κ2) is 7.54. The molecule has 0 aromatic heterocycles. The summed E-state index contributed by atoms with van der Waals surface area (Å²) in [5, 5.41) is 5.64. The van der Waals surface area contributed by atoms with Gasteiger partial charge >= 0.3 is 6.18 Å². The number of anilines is 1. The molecule has 0 radical (unpaired) electrons. The number of carbonyl (C=O) groups excluding carboxylic acids is 2. The average molecular weight is 404 g/mol. The van der Waals surface area contributed by atoms with Crippen LogP contribution in [0.5, 0.6) is 0 Å². The molecule has 7 heteroatoms. The summed E-state index contributed by atoms with van der Waals surface area (Å²) >= 11 is 0. The molecule has 2 unspecified atom stereocenters. The van der Waals surface area contributed by atoms with Crippen molar-refractivity contribution >= 4 is 17.5 Å². The van der Waals surface area contributed by atoms with Crippen molar-refractivity contribution in [3.8, 4) is 0 Å². The molecule has 154 valence electrons. The maximum absolute atomic E-state index is 13.2. The lowest BCUT2D eigenvalue weighted by molar-refractivity contribution is -0.137. The van der Waals surface area contributed by atoms with Crippen LogP contribution >= 0.6 is 0 Å². The molecule has 2 N–H and O–H groups in total. The van der Waals surface area contributed by atoms with Crippen LogP contribution in [0.1, 0.15) is 55.8 Å². The van der Waals surface area contributed by atoms with Crippen LogP contribution in [0.25, 0.3) is 0 Å². The molecule has 1 aliphatic heterocycles. The summed E-state index contributed by atoms with van der Waals surface area (Å²) in [5.41, 5.74) is 0.336. The van der Waals surface area contributed by atoms with Crippen molar-refractivity contribution in [3.63, 3.8) is 0 Å². The third kappa shape index (κ3) is 4.60. The van der Waals surface area contributed by atoms with Gasteiger partial charge in [-0.25, -0.2) is 0 Å². The molecular formula is C22H23F3N2O2. The summed E-state index contributed by atoms with van der Waals surface area (Å²) < 4.78 is 39.5. The van der Waals surface area contributed by atoms with Crippen LogP contribution in [0, 0.1) is 5.41 Å². The Balaban J connectivity index is 1.93. The highest BCUT2D eigenvalue weighted by Gasteiger charge is 2.36. The van der Waals surface area contributed by atoms with Gasteiger partial charge in [-0.05, 0) is 34.7 Å². The van der Waals surface area contributed by atoms with E-state index < -0.39 is 29.1 Å². The molecule has 2 amide bonds. The maximum Gasteiger partial charge on any atom is 0.416 e. The Morgan fingerprint density at radius 2 is 1.79 bits per heavy atom. The summed E-state index contributed by atoms with van der Waals surface area (Å²) in [4.78, 5) is 25.1. The van der Waals surface area contributed by atoms with Crippen molar-refractivity contribution in [2.75, 3.05) is 5.32 Å². The number of carbonyl (C=O) groups is 2. The predicted octanol–water partition coefficient (Wildman–Crippen LogP) is 5.03. The van der Waals surface area contributed by atoms with E-state index in [-0.39, 0.29) is 18.2 Å². The minimum Gasteiger partial charge on any atom is -0.348 e. The van der Waals surface area contributed by atoms with Crippen molar-refractivity contribution in [1.29, 1.82) is 0 Å². The topological polar surface area (TPSA) is 58.2 Å². The normalized spacial score (nSPS) is 17.9. The average Bonchev–Trinajstić information content (AvgIpc) is 2.63. The van der Waals surface area contributed by atoms with E-state index in [9.17, 15) is 22.8 Å². The van der Waals surface area contributed by atoms with E-state index >= 15 is 0 Å². The summed E-state index contributed by atoms with van der Waals surface area (Å²) in [7, 11) is 0. The summed E-state index contributed by atoms with van der Waals surface area (Å²) in [6, 6.07) is 11.4. The number of hydrogen-bond acceptors (Lipinski definition) is 2. The van der Waals surface area contributed by atoms with Crippen molar-refractivity contribution in [2.24, 2.45) is 5.41 Å². The molecule has 0 aliphatic carbocycles. The number of fused-ring (bicyclic) bond motifs is 1. The van der Waals surface area contributed by atoms with E-state index in [1.54, 1.807) is 30.3 Å². The van der Waals surface area contributed by atoms with Crippen molar-refractivity contribution in [2.45, 2.75) is 45.3 Å². The van der Waals surface area contributed by atoms with Crippen LogP contribution in [0.3, 0.4) is 0 Å². The van der Waals surface area contributed by atoms with Crippen molar-refractivity contribution in [1.82, 2.24) is 5.32 Å². The molecule has 3 rings (SSSR count). The van der Waals surface area contributed by atoms with Gasteiger partial charge in [0.2, 0.25) is 11.8 Å². The molecule has 2 atom stereocenters. The van der Waals surface area contributed by atoms with E-state index in [0.717, 1.165) is 12.1 Å². The number of alkyl halides is 3. The number of rotatable bonds is 3. The number of nitrogens with one attached hydrogen (secondary N) is 2. The van der Waals surface area contributed by atoms with E-state index in [4.69, 9.17) is 0 Å². The summed E-state index contributed by atoms with van der Waals surface area (Å²) in [6.07, 6.45) is -4.48. The third-order valence-electron chi connectivity index (χ3n) is 5.02. The fourth-order valence-corrected chi connectivity index (χ4v) is 3.58. The molecule has 2 aromatic rings. The quantitative estimate of drug-likeness (QED) is 0.753. The first-order valence-corrected chi connectivity index (χ1v) is 9.33. The standard InChI is InChI=1S/C22H23F3N2O2/c1-21(2,3)19(13-7-6-8-14(11-13)22(23,24)25)27-20(29)16-12-18(28)26-17-10-5-4-9-15(16)17/h4-11,16,19H,12H2,1-3H3,(H,26,28)(H,27,29). The van der Waals surface area contributed by atoms with Gasteiger partial charge in [-0.1, -0.05) is 51.1 Å². The van der Waals surface area contributed by atoms with Gasteiger partial charge in [0.25, 0.3) is 0 Å². The van der Waals surface area contributed by atoms with Crippen molar-refractivity contribution < 1.29 is 22.8 Å². The first-order valence-electron chi connectivity index (χ1n) is 9.33. The minimum absolute atomic E-state index is 0.0116. The lowest BCUT2D eigenvalue weighted by Crippen LogP contribution is -2.41. The zero-order valence-corrected chi connectivity index (χ0v) is 16.4. The molecule has 0 fully saturated rings. The molecule has 29 heavy (non-hydrogen) atoms. The first kappa shape index (κ1) is 20.9. The predicted molar refractivity (Wildman–Crippen MR) is 104 cm³/mol. The summed E-state index contributed by atoms with van der Waals surface area (Å²) in [6.45, 7) is 5.54. The number of halogens is 3. The second-order valence-corrected chi connectivity index (χ2v) is 8.32. The van der Waals surface area contributed by atoms with Crippen LogP contribution in [0.15, 0.2) is 48.5 Å². The van der Waals surface area contributed by atoms with Gasteiger partial charge in [0.15, 0.2) is 0 Å². The Morgan fingerprint density at radius 1 is 1.10 bits per heavy atom. The van der Waals surface area contributed by atoms with Crippen LogP contribution in [-0.4, -0.2) is 11.8 Å². The smallest absolute Gasteiger partial charge is 0.348 e. The van der Waals surface area contributed by atoms with Crippen LogP contribution in [-0.2, 0) is 15.8 Å². The largest absolute Gasteiger partial charge is 0.416 e. The molecule has 1 heterocycles. The molecule has 1 aliphatic rings. The monoisotopic (exact) mass is 404 g/mol. The Hall–Kier alpha value is -2.83. The van der Waals surface area contributed by atoms with Crippen LogP contribution in [0.2, 0.25) is 0 Å². The SMILES string of the molecule is CC(C)(C)C(NC(=O)C1CC(=O)Nc2ccccc21)c1cccc(C(F)(F)F)c1. The van der Waals surface area contributed by atoms with Gasteiger partial charge in [0.1, 0.15) is 0 Å². The first-order chi connectivity index (χ1) is 13.5. The lowest BCUT2D eigenvalue weighted by Gasteiger charge is -2.34. The third-order valence-corrected chi connectivity index (χ3v) is 5.02. The number of hydrogen-bond donors (Lipinski definition) is 2.